The van der Waals surface area contributed by atoms with E-state index >= 15 is 0 Å². The highest BCUT2D eigenvalue weighted by molar-refractivity contribution is 9.10. The van der Waals surface area contributed by atoms with Crippen LogP contribution in [0.4, 0.5) is 8.78 Å². The van der Waals surface area contributed by atoms with Gasteiger partial charge in [0.25, 0.3) is 5.88 Å². The predicted molar refractivity (Wildman–Crippen MR) is 58.4 cm³/mol. The van der Waals surface area contributed by atoms with Crippen LogP contribution in [0.3, 0.4) is 0 Å². The minimum Gasteiger partial charge on any atom is -0.436 e. The Hall–Kier alpha value is -1.49. The highest BCUT2D eigenvalue weighted by Crippen LogP contribution is 2.24. The van der Waals surface area contributed by atoms with Gasteiger partial charge >= 0.3 is 0 Å². The minimum absolute atomic E-state index is 0.144. The zero-order chi connectivity index (χ0) is 11.5. The van der Waals surface area contributed by atoms with Crippen molar-refractivity contribution in [1.82, 2.24) is 4.98 Å². The van der Waals surface area contributed by atoms with Crippen molar-refractivity contribution < 1.29 is 13.5 Å². The molecule has 0 saturated heterocycles. The lowest BCUT2D eigenvalue weighted by molar-refractivity contribution is 0.421. The Balaban J connectivity index is 2.23. The quantitative estimate of drug-likeness (QED) is 0.835. The SMILES string of the molecule is Fc1ccc(Oc2ncc(Br)cc2F)cc1. The average molecular weight is 286 g/mol. The third kappa shape index (κ3) is 2.55. The molecule has 0 radical (unpaired) electrons. The molecule has 0 bridgehead atoms. The lowest BCUT2D eigenvalue weighted by Gasteiger charge is -2.05. The summed E-state index contributed by atoms with van der Waals surface area (Å²) in [5, 5.41) is 0. The van der Waals surface area contributed by atoms with Crippen molar-refractivity contribution in [3.63, 3.8) is 0 Å². The molecule has 0 unspecified atom stereocenters. The second-order valence-electron chi connectivity index (χ2n) is 3.00. The van der Waals surface area contributed by atoms with E-state index in [1.165, 1.54) is 36.5 Å². The van der Waals surface area contributed by atoms with Gasteiger partial charge in [-0.25, -0.2) is 13.8 Å². The molecule has 2 aromatic rings. The highest BCUT2D eigenvalue weighted by Gasteiger charge is 2.06. The molecule has 0 spiro atoms. The molecule has 1 heterocycles. The lowest BCUT2D eigenvalue weighted by Crippen LogP contribution is -1.91. The predicted octanol–water partition coefficient (Wildman–Crippen LogP) is 3.91. The molecule has 0 aliphatic heterocycles. The van der Waals surface area contributed by atoms with E-state index in [4.69, 9.17) is 4.74 Å². The summed E-state index contributed by atoms with van der Waals surface area (Å²) < 4.78 is 31.6. The van der Waals surface area contributed by atoms with E-state index in [-0.39, 0.29) is 11.7 Å². The summed E-state index contributed by atoms with van der Waals surface area (Å²) >= 11 is 3.08. The number of hydrogen-bond donors (Lipinski definition) is 0. The fourth-order valence-electron chi connectivity index (χ4n) is 1.09. The first-order valence-electron chi connectivity index (χ1n) is 4.39. The number of rotatable bonds is 2. The molecule has 0 aliphatic rings. The summed E-state index contributed by atoms with van der Waals surface area (Å²) in [6, 6.07) is 6.50. The molecule has 0 saturated carbocycles. The maximum absolute atomic E-state index is 13.3. The Morgan fingerprint density at radius 1 is 1.12 bits per heavy atom. The van der Waals surface area contributed by atoms with Crippen molar-refractivity contribution in [3.05, 3.63) is 52.6 Å². The smallest absolute Gasteiger partial charge is 0.255 e. The molecule has 0 aliphatic carbocycles. The Labute approximate surface area is 99.0 Å². The molecule has 2 nitrogen and oxygen atoms in total. The van der Waals surface area contributed by atoms with E-state index in [9.17, 15) is 8.78 Å². The van der Waals surface area contributed by atoms with Gasteiger partial charge in [-0.15, -0.1) is 0 Å². The largest absolute Gasteiger partial charge is 0.436 e. The number of hydrogen-bond acceptors (Lipinski definition) is 2. The summed E-state index contributed by atoms with van der Waals surface area (Å²) in [7, 11) is 0. The zero-order valence-corrected chi connectivity index (χ0v) is 9.54. The second-order valence-corrected chi connectivity index (χ2v) is 3.91. The molecular formula is C11H6BrF2NO. The molecule has 1 aromatic heterocycles. The van der Waals surface area contributed by atoms with Crippen LogP contribution in [0.25, 0.3) is 0 Å². The van der Waals surface area contributed by atoms with Gasteiger partial charge in [0.15, 0.2) is 5.82 Å². The number of pyridine rings is 1. The summed E-state index contributed by atoms with van der Waals surface area (Å²) in [5.41, 5.74) is 0. The van der Waals surface area contributed by atoms with Gasteiger partial charge in [-0.05, 0) is 46.3 Å². The van der Waals surface area contributed by atoms with E-state index in [0.717, 1.165) is 0 Å². The van der Waals surface area contributed by atoms with Crippen LogP contribution >= 0.6 is 15.9 Å². The van der Waals surface area contributed by atoms with Gasteiger partial charge in [-0.2, -0.15) is 0 Å². The first-order valence-corrected chi connectivity index (χ1v) is 5.19. The van der Waals surface area contributed by atoms with Gasteiger partial charge in [0.1, 0.15) is 11.6 Å². The molecule has 0 fully saturated rings. The van der Waals surface area contributed by atoms with E-state index in [1.54, 1.807) is 0 Å². The van der Waals surface area contributed by atoms with E-state index in [0.29, 0.717) is 10.2 Å². The number of benzene rings is 1. The summed E-state index contributed by atoms with van der Waals surface area (Å²) in [4.78, 5) is 3.76. The van der Waals surface area contributed by atoms with Crippen LogP contribution in [0.2, 0.25) is 0 Å². The normalized spacial score (nSPS) is 10.2. The van der Waals surface area contributed by atoms with Gasteiger partial charge < -0.3 is 4.74 Å². The molecule has 16 heavy (non-hydrogen) atoms. The van der Waals surface area contributed by atoms with Crippen molar-refractivity contribution in [2.75, 3.05) is 0 Å². The second kappa shape index (κ2) is 4.57. The first-order chi connectivity index (χ1) is 7.65. The van der Waals surface area contributed by atoms with Crippen LogP contribution in [0, 0.1) is 11.6 Å². The van der Waals surface area contributed by atoms with Crippen LogP contribution < -0.4 is 4.74 Å². The Kier molecular flexibility index (Phi) is 3.14. The van der Waals surface area contributed by atoms with Crippen molar-refractivity contribution in [1.29, 1.82) is 0 Å². The van der Waals surface area contributed by atoms with Gasteiger partial charge in [-0.3, -0.25) is 0 Å². The topological polar surface area (TPSA) is 22.1 Å². The standard InChI is InChI=1S/C11H6BrF2NO/c12-7-5-10(14)11(15-6-7)16-9-3-1-8(13)2-4-9/h1-6H. The molecule has 1 aromatic carbocycles. The fourth-order valence-corrected chi connectivity index (χ4v) is 1.39. The van der Waals surface area contributed by atoms with Crippen molar-refractivity contribution >= 4 is 15.9 Å². The zero-order valence-electron chi connectivity index (χ0n) is 7.95. The van der Waals surface area contributed by atoms with Crippen LogP contribution in [-0.2, 0) is 0 Å². The number of ether oxygens (including phenoxy) is 1. The first kappa shape index (κ1) is 11.0. The molecule has 2 rings (SSSR count). The summed E-state index contributed by atoms with van der Waals surface area (Å²) in [6.07, 6.45) is 1.42. The Morgan fingerprint density at radius 2 is 1.81 bits per heavy atom. The van der Waals surface area contributed by atoms with Gasteiger partial charge in [-0.1, -0.05) is 0 Å². The number of halogens is 3. The van der Waals surface area contributed by atoms with Crippen molar-refractivity contribution in [2.45, 2.75) is 0 Å². The van der Waals surface area contributed by atoms with Crippen LogP contribution in [-0.4, -0.2) is 4.98 Å². The Morgan fingerprint density at radius 3 is 2.44 bits per heavy atom. The average Bonchev–Trinajstić information content (AvgIpc) is 2.25. The van der Waals surface area contributed by atoms with Crippen molar-refractivity contribution in [3.8, 4) is 11.6 Å². The minimum atomic E-state index is -0.585. The molecule has 0 atom stereocenters. The highest BCUT2D eigenvalue weighted by atomic mass is 79.9. The van der Waals surface area contributed by atoms with Gasteiger partial charge in [0, 0.05) is 10.7 Å². The van der Waals surface area contributed by atoms with Crippen LogP contribution in [0.1, 0.15) is 0 Å². The maximum atomic E-state index is 13.3. The van der Waals surface area contributed by atoms with Crippen LogP contribution in [0.5, 0.6) is 11.6 Å². The molecular weight excluding hydrogens is 280 g/mol. The fraction of sp³-hybridized carbons (Fsp3) is 0. The third-order valence-corrected chi connectivity index (χ3v) is 2.24. The van der Waals surface area contributed by atoms with E-state index < -0.39 is 5.82 Å². The molecule has 0 amide bonds. The van der Waals surface area contributed by atoms with E-state index in [1.807, 2.05) is 0 Å². The Bertz CT molecular complexity index is 502. The van der Waals surface area contributed by atoms with Gasteiger partial charge in [0.2, 0.25) is 0 Å². The summed E-state index contributed by atoms with van der Waals surface area (Å²) in [5.74, 6) is -0.778. The third-order valence-electron chi connectivity index (χ3n) is 1.80. The summed E-state index contributed by atoms with van der Waals surface area (Å²) in [6.45, 7) is 0. The molecule has 5 heteroatoms. The molecule has 0 N–H and O–H groups in total. The van der Waals surface area contributed by atoms with Crippen molar-refractivity contribution in [2.24, 2.45) is 0 Å². The number of aromatic nitrogens is 1. The monoisotopic (exact) mass is 285 g/mol. The maximum Gasteiger partial charge on any atom is 0.255 e. The van der Waals surface area contributed by atoms with E-state index in [2.05, 4.69) is 20.9 Å². The van der Waals surface area contributed by atoms with Gasteiger partial charge in [0.05, 0.1) is 0 Å². The molecule has 82 valence electrons. The lowest BCUT2D eigenvalue weighted by atomic mass is 10.3. The number of nitrogens with zero attached hydrogens (tertiary/aromatic N) is 1. The van der Waals surface area contributed by atoms with Crippen LogP contribution in [0.15, 0.2) is 41.0 Å².